The summed E-state index contributed by atoms with van der Waals surface area (Å²) in [5.41, 5.74) is 4.83. The van der Waals surface area contributed by atoms with Crippen LogP contribution in [-0.2, 0) is 25.6 Å². The zero-order valence-corrected chi connectivity index (χ0v) is 28.0. The maximum atomic E-state index is 13.9. The van der Waals surface area contributed by atoms with Crippen LogP contribution in [0.25, 0.3) is 0 Å². The summed E-state index contributed by atoms with van der Waals surface area (Å²) < 4.78 is 30.9. The Morgan fingerprint density at radius 1 is 1.06 bits per heavy atom. The molecule has 1 saturated heterocycles. The van der Waals surface area contributed by atoms with E-state index < -0.39 is 48.8 Å². The van der Waals surface area contributed by atoms with Crippen LogP contribution in [0.4, 0.5) is 4.39 Å². The molecule has 0 bridgehead atoms. The molecule has 3 aliphatic rings. The molecule has 0 saturated carbocycles. The number of rotatable bonds is 20. The first-order valence-electron chi connectivity index (χ1n) is 17.4. The number of aliphatic hydroxyl groups is 1. The van der Waals surface area contributed by atoms with Crippen molar-refractivity contribution in [2.45, 2.75) is 140 Å². The second kappa shape index (κ2) is 18.7. The average Bonchev–Trinajstić information content (AvgIpc) is 3.65. The molecule has 5 atom stereocenters. The fraction of sp³-hybridized carbons (Fsp3) is 0.639. The number of fused-ring (bicyclic) bond motifs is 1. The van der Waals surface area contributed by atoms with E-state index in [1.54, 1.807) is 24.3 Å². The van der Waals surface area contributed by atoms with Crippen LogP contribution >= 0.6 is 0 Å². The number of benzene rings is 1. The molecule has 0 amide bonds. The third kappa shape index (κ3) is 10.1. The molecule has 12 heteroatoms. The number of amidine groups is 2. The van der Waals surface area contributed by atoms with Gasteiger partial charge in [-0.25, -0.2) is 9.79 Å². The van der Waals surface area contributed by atoms with Gasteiger partial charge in [-0.2, -0.15) is 9.38 Å². The molecule has 262 valence electrons. The molecule has 1 aromatic rings. The summed E-state index contributed by atoms with van der Waals surface area (Å²) in [7, 11) is 0. The lowest BCUT2D eigenvalue weighted by Crippen LogP contribution is -2.49. The number of halogens is 1. The molecule has 3 N–H and O–H groups in total. The Morgan fingerprint density at radius 2 is 1.71 bits per heavy atom. The summed E-state index contributed by atoms with van der Waals surface area (Å²) in [5, 5.41) is 10.9. The number of terminal acetylenes is 1. The molecule has 1 aromatic carbocycles. The predicted molar refractivity (Wildman–Crippen MR) is 182 cm³/mol. The van der Waals surface area contributed by atoms with E-state index in [9.17, 15) is 19.1 Å². The van der Waals surface area contributed by atoms with E-state index in [4.69, 9.17) is 26.4 Å². The number of nitrogens with two attached hydrogens (primary N) is 1. The maximum Gasteiger partial charge on any atom is 0.338 e. The molecule has 0 aliphatic carbocycles. The smallest absolute Gasteiger partial charge is 0.338 e. The molecular formula is C36H50FN5O6. The van der Waals surface area contributed by atoms with Gasteiger partial charge in [-0.15, -0.1) is 6.42 Å². The quantitative estimate of drug-likeness (QED) is 0.0793. The highest BCUT2D eigenvalue weighted by atomic mass is 19.1. The van der Waals surface area contributed by atoms with Gasteiger partial charge < -0.3 is 30.0 Å². The van der Waals surface area contributed by atoms with Gasteiger partial charge in [-0.1, -0.05) is 108 Å². The summed E-state index contributed by atoms with van der Waals surface area (Å²) in [6.07, 6.45) is 19.6. The van der Waals surface area contributed by atoms with Crippen LogP contribution in [0.2, 0.25) is 0 Å². The van der Waals surface area contributed by atoms with Gasteiger partial charge in [-0.05, 0) is 12.5 Å². The number of ether oxygens (including phenoxy) is 3. The number of carbonyl (C=O) groups is 2. The van der Waals surface area contributed by atoms with Gasteiger partial charge in [0.05, 0.1) is 11.9 Å². The predicted octanol–water partition coefficient (Wildman–Crippen LogP) is 5.58. The Balaban J connectivity index is 1.16. The minimum absolute atomic E-state index is 0.0223. The molecule has 1 fully saturated rings. The van der Waals surface area contributed by atoms with E-state index in [-0.39, 0.29) is 30.4 Å². The van der Waals surface area contributed by atoms with Gasteiger partial charge in [-0.3, -0.25) is 9.79 Å². The Labute approximate surface area is 283 Å². The number of aliphatic imine (C=N–C) groups is 3. The van der Waals surface area contributed by atoms with Crippen LogP contribution < -0.4 is 5.73 Å². The second-order valence-electron chi connectivity index (χ2n) is 12.7. The first-order chi connectivity index (χ1) is 23.3. The lowest BCUT2D eigenvalue weighted by molar-refractivity contribution is -0.145. The normalized spacial score (nSPS) is 24.5. The van der Waals surface area contributed by atoms with Gasteiger partial charge >= 0.3 is 18.0 Å². The molecule has 3 heterocycles. The van der Waals surface area contributed by atoms with E-state index in [1.807, 2.05) is 0 Å². The highest BCUT2D eigenvalue weighted by Gasteiger charge is 2.52. The molecule has 2 unspecified atom stereocenters. The fourth-order valence-electron chi connectivity index (χ4n) is 6.23. The van der Waals surface area contributed by atoms with E-state index in [0.717, 1.165) is 19.3 Å². The molecular weight excluding hydrogens is 617 g/mol. The molecule has 0 spiro atoms. The molecule has 4 rings (SSSR count). The fourth-order valence-corrected chi connectivity index (χ4v) is 6.23. The van der Waals surface area contributed by atoms with E-state index in [1.165, 1.54) is 75.4 Å². The van der Waals surface area contributed by atoms with Gasteiger partial charge in [0.25, 0.3) is 0 Å². The van der Waals surface area contributed by atoms with Crippen LogP contribution in [0.15, 0.2) is 39.2 Å². The van der Waals surface area contributed by atoms with Crippen LogP contribution in [0.1, 0.15) is 119 Å². The average molecular weight is 668 g/mol. The summed E-state index contributed by atoms with van der Waals surface area (Å²) >= 11 is 0. The second-order valence-corrected chi connectivity index (χ2v) is 12.7. The third-order valence-electron chi connectivity index (χ3n) is 9.13. The highest BCUT2D eigenvalue weighted by Crippen LogP contribution is 2.36. The maximum absolute atomic E-state index is 13.9. The zero-order valence-electron chi connectivity index (χ0n) is 28.0. The standard InChI is InChI=1S/C36H50FN5O6/c1-3-5-6-7-8-9-10-11-12-13-14-15-16-21-30(44)46-23-26-19-17-18-20-27(26)34(45)47-24-36(4-2)28(43)22-29(48-36)42-25-39-31-32(38)40-35(37)41-33(31)42/h2,17-20,25,28-29,31,33,43H,3,5-16,21-24H2,1H3,(H2,38,40,41)/t28-,29+,31?,33?,36+/m0/s1. The summed E-state index contributed by atoms with van der Waals surface area (Å²) in [4.78, 5) is 38.7. The number of carbonyl (C=O) groups excluding carboxylic acids is 2. The first-order valence-corrected chi connectivity index (χ1v) is 17.4. The third-order valence-corrected chi connectivity index (χ3v) is 9.13. The van der Waals surface area contributed by atoms with Crippen molar-refractivity contribution < 1.29 is 33.3 Å². The number of unbranched alkanes of at least 4 members (excludes halogenated alkanes) is 12. The summed E-state index contributed by atoms with van der Waals surface area (Å²) in [6, 6.07) is 5.97. The van der Waals surface area contributed by atoms with Crippen molar-refractivity contribution in [1.29, 1.82) is 0 Å². The van der Waals surface area contributed by atoms with Gasteiger partial charge in [0.15, 0.2) is 11.8 Å². The number of hydrogen-bond acceptors (Lipinski definition) is 11. The number of hydrogen-bond donors (Lipinski definition) is 2. The molecule has 0 aromatic heterocycles. The minimum Gasteiger partial charge on any atom is -0.461 e. The van der Waals surface area contributed by atoms with Crippen molar-refractivity contribution in [3.8, 4) is 12.3 Å². The SMILES string of the molecule is C#C[C@]1(COC(=O)c2ccccc2COC(=O)CCCCCCCCCCCCCCC)O[C@@H](N2C=NC3C(N)=NC(F)=NC32)C[C@@H]1O. The van der Waals surface area contributed by atoms with E-state index >= 15 is 0 Å². The van der Waals surface area contributed by atoms with Crippen molar-refractivity contribution in [2.24, 2.45) is 20.7 Å². The number of aliphatic hydroxyl groups excluding tert-OH is 1. The molecule has 3 aliphatic heterocycles. The van der Waals surface area contributed by atoms with Crippen molar-refractivity contribution >= 4 is 30.2 Å². The van der Waals surface area contributed by atoms with Gasteiger partial charge in [0, 0.05) is 18.4 Å². The topological polar surface area (TPSA) is 148 Å². The van der Waals surface area contributed by atoms with E-state index in [0.29, 0.717) is 12.0 Å². The first kappa shape index (κ1) is 37.0. The Morgan fingerprint density at radius 3 is 2.38 bits per heavy atom. The van der Waals surface area contributed by atoms with Crippen molar-refractivity contribution in [1.82, 2.24) is 4.90 Å². The minimum atomic E-state index is -1.67. The Kier molecular flexibility index (Phi) is 14.4. The summed E-state index contributed by atoms with van der Waals surface area (Å²) in [6.45, 7) is 1.71. The Hall–Kier alpha value is -3.82. The van der Waals surface area contributed by atoms with Crippen molar-refractivity contribution in [3.63, 3.8) is 0 Å². The lowest BCUT2D eigenvalue weighted by atomic mass is 9.98. The van der Waals surface area contributed by atoms with Crippen LogP contribution in [-0.4, -0.2) is 77.0 Å². The monoisotopic (exact) mass is 667 g/mol. The van der Waals surface area contributed by atoms with Crippen molar-refractivity contribution in [3.05, 3.63) is 35.4 Å². The number of nitrogens with zero attached hydrogens (tertiary/aromatic N) is 4. The van der Waals surface area contributed by atoms with Crippen LogP contribution in [0, 0.1) is 12.3 Å². The molecule has 0 radical (unpaired) electrons. The highest BCUT2D eigenvalue weighted by molar-refractivity contribution is 5.99. The van der Waals surface area contributed by atoms with Crippen molar-refractivity contribution in [2.75, 3.05) is 6.61 Å². The number of esters is 2. The zero-order chi connectivity index (χ0) is 34.4. The lowest BCUT2D eigenvalue weighted by Gasteiger charge is -2.32. The Bertz CT molecular complexity index is 1360. The molecule has 11 nitrogen and oxygen atoms in total. The largest absolute Gasteiger partial charge is 0.461 e. The van der Waals surface area contributed by atoms with Crippen LogP contribution in [0.3, 0.4) is 0 Å². The van der Waals surface area contributed by atoms with Gasteiger partial charge in [0.1, 0.15) is 37.4 Å². The van der Waals surface area contributed by atoms with Gasteiger partial charge in [0.2, 0.25) is 0 Å². The van der Waals surface area contributed by atoms with E-state index in [2.05, 4.69) is 27.8 Å². The van der Waals surface area contributed by atoms with Crippen LogP contribution in [0.5, 0.6) is 0 Å². The molecule has 48 heavy (non-hydrogen) atoms. The summed E-state index contributed by atoms with van der Waals surface area (Å²) in [5.74, 6) is 1.39.